The van der Waals surface area contributed by atoms with E-state index in [-0.39, 0.29) is 16.8 Å². The third-order valence-electron chi connectivity index (χ3n) is 4.22. The highest BCUT2D eigenvalue weighted by Gasteiger charge is 2.38. The van der Waals surface area contributed by atoms with Gasteiger partial charge >= 0.3 is 0 Å². The van der Waals surface area contributed by atoms with Gasteiger partial charge in [0.2, 0.25) is 5.91 Å². The lowest BCUT2D eigenvalue weighted by molar-refractivity contribution is -0.384. The van der Waals surface area contributed by atoms with E-state index in [1.807, 2.05) is 0 Å². The minimum Gasteiger partial charge on any atom is -0.348 e. The number of hydrogen-bond acceptors (Lipinski definition) is 5. The molecule has 3 amide bonds. The topological polar surface area (TPSA) is 110 Å². The van der Waals surface area contributed by atoms with Crippen LogP contribution in [0.1, 0.15) is 39.2 Å². The van der Waals surface area contributed by atoms with Crippen molar-refractivity contribution in [2.24, 2.45) is 0 Å². The van der Waals surface area contributed by atoms with Crippen LogP contribution in [0.2, 0.25) is 5.02 Å². The predicted octanol–water partition coefficient (Wildman–Crippen LogP) is 2.72. The van der Waals surface area contributed by atoms with Gasteiger partial charge in [0.05, 0.1) is 22.1 Å². The zero-order valence-electron chi connectivity index (χ0n) is 14.1. The van der Waals surface area contributed by atoms with E-state index in [2.05, 4.69) is 5.32 Å². The molecule has 1 heterocycles. The van der Waals surface area contributed by atoms with Gasteiger partial charge in [-0.2, -0.15) is 0 Å². The fourth-order valence-electron chi connectivity index (χ4n) is 2.87. The highest BCUT2D eigenvalue weighted by atomic mass is 35.5. The van der Waals surface area contributed by atoms with Crippen molar-refractivity contribution in [1.82, 2.24) is 10.2 Å². The van der Waals surface area contributed by atoms with Gasteiger partial charge in [-0.3, -0.25) is 29.4 Å². The average molecular weight is 388 g/mol. The van der Waals surface area contributed by atoms with E-state index < -0.39 is 35.2 Å². The molecule has 138 valence electrons. The Bertz CT molecular complexity index is 975. The summed E-state index contributed by atoms with van der Waals surface area (Å²) >= 11 is 6.10. The third-order valence-corrected chi connectivity index (χ3v) is 4.56. The average Bonchev–Trinajstić information content (AvgIpc) is 2.86. The number of carbonyl (C=O) groups is 3. The van der Waals surface area contributed by atoms with Crippen LogP contribution in [0.5, 0.6) is 0 Å². The van der Waals surface area contributed by atoms with E-state index in [4.69, 9.17) is 11.6 Å². The maximum atomic E-state index is 12.4. The van der Waals surface area contributed by atoms with Crippen LogP contribution in [-0.4, -0.2) is 34.1 Å². The lowest BCUT2D eigenvalue weighted by Crippen LogP contribution is -2.41. The summed E-state index contributed by atoms with van der Waals surface area (Å²) in [5.41, 5.74) is 0.359. The Labute approximate surface area is 158 Å². The number of nitro groups is 1. The van der Waals surface area contributed by atoms with Gasteiger partial charge in [0.15, 0.2) is 0 Å². The predicted molar refractivity (Wildman–Crippen MR) is 96.5 cm³/mol. The number of non-ortho nitro benzene ring substituents is 1. The lowest BCUT2D eigenvalue weighted by atomic mass is 10.1. The SMILES string of the molecule is CC(NC(=O)CN1C(=O)c2ccc([N+](=O)[O-])cc2C1=O)c1ccccc1Cl. The van der Waals surface area contributed by atoms with Crippen molar-refractivity contribution in [2.45, 2.75) is 13.0 Å². The minimum atomic E-state index is -0.737. The summed E-state index contributed by atoms with van der Waals surface area (Å²) in [6.07, 6.45) is 0. The van der Waals surface area contributed by atoms with Crippen molar-refractivity contribution in [2.75, 3.05) is 6.54 Å². The Morgan fingerprint density at radius 1 is 1.19 bits per heavy atom. The van der Waals surface area contributed by atoms with Gasteiger partial charge in [-0.15, -0.1) is 0 Å². The Morgan fingerprint density at radius 3 is 2.52 bits per heavy atom. The maximum absolute atomic E-state index is 12.4. The third kappa shape index (κ3) is 3.52. The lowest BCUT2D eigenvalue weighted by Gasteiger charge is -2.18. The molecule has 1 atom stereocenters. The van der Waals surface area contributed by atoms with Crippen LogP contribution in [0.25, 0.3) is 0 Å². The largest absolute Gasteiger partial charge is 0.348 e. The van der Waals surface area contributed by atoms with E-state index >= 15 is 0 Å². The second-order valence-electron chi connectivity index (χ2n) is 5.99. The molecule has 0 aliphatic carbocycles. The molecule has 1 aliphatic rings. The van der Waals surface area contributed by atoms with Crippen molar-refractivity contribution in [1.29, 1.82) is 0 Å². The number of halogens is 1. The number of hydrogen-bond donors (Lipinski definition) is 1. The van der Waals surface area contributed by atoms with E-state index in [9.17, 15) is 24.5 Å². The van der Waals surface area contributed by atoms with Crippen molar-refractivity contribution < 1.29 is 19.3 Å². The first-order valence-corrected chi connectivity index (χ1v) is 8.36. The zero-order valence-corrected chi connectivity index (χ0v) is 14.9. The fourth-order valence-corrected chi connectivity index (χ4v) is 3.17. The van der Waals surface area contributed by atoms with E-state index in [0.29, 0.717) is 10.6 Å². The standard InChI is InChI=1S/C18H14ClN3O5/c1-10(12-4-2-3-5-15(12)19)20-16(23)9-21-17(24)13-7-6-11(22(26)27)8-14(13)18(21)25/h2-8,10H,9H2,1H3,(H,20,23). The first kappa shape index (κ1) is 18.5. The summed E-state index contributed by atoms with van der Waals surface area (Å²) in [7, 11) is 0. The van der Waals surface area contributed by atoms with E-state index in [1.54, 1.807) is 31.2 Å². The van der Waals surface area contributed by atoms with Crippen molar-refractivity contribution >= 4 is 35.0 Å². The van der Waals surface area contributed by atoms with Crippen molar-refractivity contribution in [3.05, 3.63) is 74.3 Å². The molecule has 8 nitrogen and oxygen atoms in total. The molecule has 1 N–H and O–H groups in total. The van der Waals surface area contributed by atoms with E-state index in [1.165, 1.54) is 6.07 Å². The quantitative estimate of drug-likeness (QED) is 0.482. The number of imide groups is 1. The summed E-state index contributed by atoms with van der Waals surface area (Å²) in [6.45, 7) is 1.24. The molecular weight excluding hydrogens is 374 g/mol. The number of nitrogens with zero attached hydrogens (tertiary/aromatic N) is 2. The number of amides is 3. The summed E-state index contributed by atoms with van der Waals surface area (Å²) < 4.78 is 0. The molecular formula is C18H14ClN3O5. The van der Waals surface area contributed by atoms with Gasteiger partial charge in [0.25, 0.3) is 17.5 Å². The Hall–Kier alpha value is -3.26. The van der Waals surface area contributed by atoms with Gasteiger partial charge in [0, 0.05) is 17.2 Å². The molecule has 0 spiro atoms. The monoisotopic (exact) mass is 387 g/mol. The summed E-state index contributed by atoms with van der Waals surface area (Å²) in [5, 5.41) is 14.0. The number of nitro benzene ring substituents is 1. The van der Waals surface area contributed by atoms with Gasteiger partial charge in [-0.1, -0.05) is 29.8 Å². The minimum absolute atomic E-state index is 0.0394. The molecule has 27 heavy (non-hydrogen) atoms. The van der Waals surface area contributed by atoms with Crippen LogP contribution in [0.4, 0.5) is 5.69 Å². The van der Waals surface area contributed by atoms with Crippen LogP contribution < -0.4 is 5.32 Å². The molecule has 0 aromatic heterocycles. The molecule has 9 heteroatoms. The first-order chi connectivity index (χ1) is 12.8. The summed E-state index contributed by atoms with van der Waals surface area (Å²) in [5.74, 6) is -1.95. The number of nitrogens with one attached hydrogen (secondary N) is 1. The van der Waals surface area contributed by atoms with Crippen LogP contribution in [-0.2, 0) is 4.79 Å². The Kier molecular flexibility index (Phi) is 4.91. The van der Waals surface area contributed by atoms with E-state index in [0.717, 1.165) is 17.0 Å². The summed E-state index contributed by atoms with van der Waals surface area (Å²) in [4.78, 5) is 48.0. The molecule has 2 aromatic rings. The zero-order chi connectivity index (χ0) is 19.7. The van der Waals surface area contributed by atoms with Gasteiger partial charge in [-0.05, 0) is 24.6 Å². The molecule has 0 fully saturated rings. The Balaban J connectivity index is 1.73. The van der Waals surface area contributed by atoms with Crippen LogP contribution in [0.15, 0.2) is 42.5 Å². The van der Waals surface area contributed by atoms with Crippen molar-refractivity contribution in [3.8, 4) is 0 Å². The highest BCUT2D eigenvalue weighted by Crippen LogP contribution is 2.27. The Morgan fingerprint density at radius 2 is 1.85 bits per heavy atom. The molecule has 0 bridgehead atoms. The number of carbonyl (C=O) groups excluding carboxylic acids is 3. The maximum Gasteiger partial charge on any atom is 0.270 e. The molecule has 1 aliphatic heterocycles. The molecule has 1 unspecified atom stereocenters. The van der Waals surface area contributed by atoms with Crippen LogP contribution in [0.3, 0.4) is 0 Å². The van der Waals surface area contributed by atoms with Gasteiger partial charge in [0.1, 0.15) is 6.54 Å². The number of rotatable bonds is 5. The molecule has 0 saturated carbocycles. The molecule has 3 rings (SSSR count). The van der Waals surface area contributed by atoms with Crippen LogP contribution >= 0.6 is 11.6 Å². The number of benzene rings is 2. The number of fused-ring (bicyclic) bond motifs is 1. The van der Waals surface area contributed by atoms with Crippen molar-refractivity contribution in [3.63, 3.8) is 0 Å². The highest BCUT2D eigenvalue weighted by molar-refractivity contribution is 6.31. The fraction of sp³-hybridized carbons (Fsp3) is 0.167. The second-order valence-corrected chi connectivity index (χ2v) is 6.40. The first-order valence-electron chi connectivity index (χ1n) is 7.98. The molecule has 0 radical (unpaired) electrons. The smallest absolute Gasteiger partial charge is 0.270 e. The molecule has 0 saturated heterocycles. The normalized spacial score (nSPS) is 14.1. The second kappa shape index (κ2) is 7.16. The summed E-state index contributed by atoms with van der Waals surface area (Å²) in [6, 6.07) is 9.97. The van der Waals surface area contributed by atoms with Gasteiger partial charge in [-0.25, -0.2) is 0 Å². The van der Waals surface area contributed by atoms with Crippen LogP contribution in [0, 0.1) is 10.1 Å². The van der Waals surface area contributed by atoms with Gasteiger partial charge < -0.3 is 5.32 Å². The molecule has 2 aromatic carbocycles.